The number of likely N-dealkylation sites (tertiary alicyclic amines) is 1. The number of nitrogens with one attached hydrogen (secondary N) is 2. The van der Waals surface area contributed by atoms with Crippen LogP contribution in [0.1, 0.15) is 78.0 Å². The van der Waals surface area contributed by atoms with E-state index in [1.807, 2.05) is 24.3 Å². The number of hydrogen-bond donors (Lipinski definition) is 2. The molecule has 1 amide bonds. The van der Waals surface area contributed by atoms with Gasteiger partial charge in [0.25, 0.3) is 0 Å². The fourth-order valence-electron chi connectivity index (χ4n) is 7.95. The number of carbonyl (C=O) groups is 1. The van der Waals surface area contributed by atoms with Crippen molar-refractivity contribution in [3.63, 3.8) is 0 Å². The summed E-state index contributed by atoms with van der Waals surface area (Å²) in [6.45, 7) is 13.9. The molecule has 56 heavy (non-hydrogen) atoms. The molecule has 2 N–H and O–H groups in total. The Balaban J connectivity index is 1.07. The van der Waals surface area contributed by atoms with Crippen molar-refractivity contribution in [2.45, 2.75) is 83.3 Å². The van der Waals surface area contributed by atoms with Crippen molar-refractivity contribution in [3.05, 3.63) is 117 Å². The minimum absolute atomic E-state index is 0.0584. The molecule has 290 valence electrons. The van der Waals surface area contributed by atoms with E-state index in [1.165, 1.54) is 11.1 Å². The molecule has 0 spiro atoms. The lowest BCUT2D eigenvalue weighted by Gasteiger charge is -2.28. The minimum atomic E-state index is -0.660. The van der Waals surface area contributed by atoms with Crippen molar-refractivity contribution >= 4 is 23.2 Å². The largest absolute Gasteiger partial charge is 0.493 e. The summed E-state index contributed by atoms with van der Waals surface area (Å²) >= 11 is 6.94. The quantitative estimate of drug-likeness (QED) is 0.0975. The maximum absolute atomic E-state index is 13.5. The van der Waals surface area contributed by atoms with E-state index in [0.29, 0.717) is 72.3 Å². The van der Waals surface area contributed by atoms with Gasteiger partial charge in [0, 0.05) is 62.4 Å². The average Bonchev–Trinajstić information content (AvgIpc) is 3.63. The summed E-state index contributed by atoms with van der Waals surface area (Å²) in [7, 11) is 0. The third-order valence-corrected chi connectivity index (χ3v) is 11.3. The number of ether oxygens (including phenoxy) is 3. The Bertz CT molecular complexity index is 2100. The normalized spacial score (nSPS) is 18.4. The van der Waals surface area contributed by atoms with Gasteiger partial charge in [-0.05, 0) is 109 Å². The Labute approximate surface area is 333 Å². The molecule has 1 aliphatic carbocycles. The number of piperidine rings is 2. The van der Waals surface area contributed by atoms with Gasteiger partial charge in [-0.25, -0.2) is 9.24 Å². The van der Waals surface area contributed by atoms with Crippen LogP contribution in [-0.2, 0) is 24.4 Å². The van der Waals surface area contributed by atoms with Gasteiger partial charge in [-0.2, -0.15) is 5.26 Å². The molecular weight excluding hydrogens is 729 g/mol. The summed E-state index contributed by atoms with van der Waals surface area (Å²) in [5, 5.41) is 16.4. The first-order valence-electron chi connectivity index (χ1n) is 19.5. The molecule has 3 aliphatic rings. The maximum atomic E-state index is 13.5. The van der Waals surface area contributed by atoms with Crippen molar-refractivity contribution in [3.8, 4) is 34.4 Å². The number of hydrogen-bond acceptors (Lipinski definition) is 7. The Morgan fingerprint density at radius 1 is 1.00 bits per heavy atom. The van der Waals surface area contributed by atoms with E-state index >= 15 is 0 Å². The van der Waals surface area contributed by atoms with Crippen LogP contribution in [0.4, 0.5) is 10.1 Å². The Morgan fingerprint density at radius 2 is 1.82 bits per heavy atom. The van der Waals surface area contributed by atoms with Crippen LogP contribution in [0, 0.1) is 24.8 Å². The highest BCUT2D eigenvalue weighted by molar-refractivity contribution is 6.32. The predicted molar refractivity (Wildman–Crippen MR) is 215 cm³/mol. The number of amides is 1. The number of fused-ring (bicyclic) bond motifs is 1. The molecule has 4 aromatic carbocycles. The van der Waals surface area contributed by atoms with Crippen molar-refractivity contribution < 1.29 is 23.4 Å². The highest BCUT2D eigenvalue weighted by Crippen LogP contribution is 2.44. The first-order chi connectivity index (χ1) is 27.3. The van der Waals surface area contributed by atoms with E-state index in [-0.39, 0.29) is 24.7 Å². The fraction of sp³-hybridized carbons (Fsp3) is 0.400. The smallest absolute Gasteiger partial charge is 0.220 e. The van der Waals surface area contributed by atoms with E-state index in [2.05, 4.69) is 57.6 Å². The Kier molecular flexibility index (Phi) is 12.7. The minimum Gasteiger partial charge on any atom is -0.493 e. The lowest BCUT2D eigenvalue weighted by Crippen LogP contribution is -2.45. The summed E-state index contributed by atoms with van der Waals surface area (Å²) in [4.78, 5) is 17.6. The molecule has 9 nitrogen and oxygen atoms in total. The number of carbonyl (C=O) groups excluding carboxylic acids is 1. The van der Waals surface area contributed by atoms with E-state index in [0.717, 1.165) is 73.3 Å². The molecule has 0 saturated carbocycles. The Hall–Kier alpha value is -5.13. The average molecular weight is 776 g/mol. The van der Waals surface area contributed by atoms with Crippen molar-refractivity contribution in [2.24, 2.45) is 0 Å². The topological polar surface area (TPSA) is 100 Å². The molecule has 7 rings (SSSR count). The second-order valence-corrected chi connectivity index (χ2v) is 15.3. The molecule has 0 bridgehead atoms. The van der Waals surface area contributed by atoms with Gasteiger partial charge in [0.2, 0.25) is 5.91 Å². The second-order valence-electron chi connectivity index (χ2n) is 14.9. The monoisotopic (exact) mass is 775 g/mol. The van der Waals surface area contributed by atoms with E-state index in [9.17, 15) is 14.4 Å². The van der Waals surface area contributed by atoms with Crippen LogP contribution in [-0.4, -0.2) is 55.8 Å². The van der Waals surface area contributed by atoms with Gasteiger partial charge in [0.1, 0.15) is 36.1 Å². The SMILES string of the molecule is [C-]#[N+]c1cc(C#N)cc(COc2cc(O[C@H]3CCc4c(-c5cccc(OCCCN6CCC(F)CC6)c5C)cccc43)c(Cl)cc2CN[C@H]2CCC(=O)NC2)c1. The van der Waals surface area contributed by atoms with E-state index in [1.54, 1.807) is 18.2 Å². The van der Waals surface area contributed by atoms with Crippen LogP contribution in [0.25, 0.3) is 16.0 Å². The van der Waals surface area contributed by atoms with Gasteiger partial charge in [-0.3, -0.25) is 4.79 Å². The van der Waals surface area contributed by atoms with Crippen LogP contribution in [0.2, 0.25) is 5.02 Å². The summed E-state index contributed by atoms with van der Waals surface area (Å²) in [5.41, 5.74) is 8.07. The highest BCUT2D eigenvalue weighted by Gasteiger charge is 2.29. The number of halogens is 2. The van der Waals surface area contributed by atoms with Gasteiger partial charge in [0.05, 0.1) is 24.3 Å². The second kappa shape index (κ2) is 18.2. The zero-order chi connectivity index (χ0) is 39.0. The van der Waals surface area contributed by atoms with Crippen molar-refractivity contribution in [1.29, 1.82) is 5.26 Å². The molecule has 0 aromatic heterocycles. The molecule has 2 fully saturated rings. The predicted octanol–water partition coefficient (Wildman–Crippen LogP) is 8.95. The van der Waals surface area contributed by atoms with Crippen LogP contribution in [0.5, 0.6) is 17.2 Å². The van der Waals surface area contributed by atoms with Gasteiger partial charge in [-0.1, -0.05) is 41.9 Å². The lowest BCUT2D eigenvalue weighted by atomic mass is 9.93. The molecule has 0 unspecified atom stereocenters. The van der Waals surface area contributed by atoms with E-state index in [4.69, 9.17) is 32.4 Å². The molecule has 2 aliphatic heterocycles. The number of nitriles is 1. The number of alkyl halides is 1. The van der Waals surface area contributed by atoms with Crippen molar-refractivity contribution in [2.75, 3.05) is 32.8 Å². The van der Waals surface area contributed by atoms with Gasteiger partial charge < -0.3 is 29.7 Å². The van der Waals surface area contributed by atoms with Gasteiger partial charge in [-0.15, -0.1) is 0 Å². The van der Waals surface area contributed by atoms with Crippen LogP contribution in [0.3, 0.4) is 0 Å². The number of benzene rings is 4. The van der Waals surface area contributed by atoms with Gasteiger partial charge in [0.15, 0.2) is 5.69 Å². The number of rotatable bonds is 14. The molecular formula is C45H47ClFN5O4. The van der Waals surface area contributed by atoms with Crippen molar-refractivity contribution in [1.82, 2.24) is 15.5 Å². The lowest BCUT2D eigenvalue weighted by molar-refractivity contribution is -0.122. The zero-order valence-electron chi connectivity index (χ0n) is 31.7. The first kappa shape index (κ1) is 39.1. The molecule has 0 radical (unpaired) electrons. The van der Waals surface area contributed by atoms with Gasteiger partial charge >= 0.3 is 0 Å². The highest BCUT2D eigenvalue weighted by atomic mass is 35.5. The van der Waals surface area contributed by atoms with Crippen LogP contribution in [0.15, 0.2) is 66.7 Å². The summed E-state index contributed by atoms with van der Waals surface area (Å²) in [5.74, 6) is 2.02. The fourth-order valence-corrected chi connectivity index (χ4v) is 8.18. The maximum Gasteiger partial charge on any atom is 0.220 e. The molecule has 2 saturated heterocycles. The summed E-state index contributed by atoms with van der Waals surface area (Å²) in [6, 6.07) is 23.5. The standard InChI is InChI=1S/C45H47ClFN5O4/c1-29-36(6-4-9-41(29)54-19-5-16-52-17-14-33(47)15-18-52)37-7-3-8-39-38(37)11-12-42(39)56-44-24-43(55-28-31-20-30(25-48)21-35(22-31)49-2)32(23-40(44)46)26-50-34-10-13-45(53)51-27-34/h3-4,6-9,20-24,33-34,42,50H,5,10-19,26-28H2,1H3,(H,51,53)/t34-,42-/m0/s1. The first-order valence-corrected chi connectivity index (χ1v) is 19.9. The molecule has 4 aromatic rings. The molecule has 2 heterocycles. The third kappa shape index (κ3) is 9.45. The summed E-state index contributed by atoms with van der Waals surface area (Å²) in [6.07, 6.45) is 4.09. The third-order valence-electron chi connectivity index (χ3n) is 11.0. The Morgan fingerprint density at radius 3 is 2.61 bits per heavy atom. The molecule has 2 atom stereocenters. The van der Waals surface area contributed by atoms with E-state index < -0.39 is 6.17 Å². The number of nitrogens with zero attached hydrogens (tertiary/aromatic N) is 3. The van der Waals surface area contributed by atoms with Crippen LogP contribution < -0.4 is 24.8 Å². The summed E-state index contributed by atoms with van der Waals surface area (Å²) < 4.78 is 32.9. The molecule has 11 heteroatoms. The zero-order valence-corrected chi connectivity index (χ0v) is 32.5. The van der Waals surface area contributed by atoms with Crippen LogP contribution >= 0.6 is 11.6 Å².